The summed E-state index contributed by atoms with van der Waals surface area (Å²) < 4.78 is 18.1. The SMILES string of the molecule is c1cc2c3c(csc3c1)CC1CN(CCCOc3ccc4c(c3)OCO4)CCN21. The van der Waals surface area contributed by atoms with Crippen molar-refractivity contribution in [1.82, 2.24) is 4.90 Å². The molecule has 0 spiro atoms. The van der Waals surface area contributed by atoms with Gasteiger partial charge in [-0.2, -0.15) is 0 Å². The fraction of sp³-hybridized carbons (Fsp3) is 0.391. The van der Waals surface area contributed by atoms with Crippen LogP contribution in [0.4, 0.5) is 5.69 Å². The summed E-state index contributed by atoms with van der Waals surface area (Å²) in [5.74, 6) is 2.43. The molecule has 3 aliphatic rings. The van der Waals surface area contributed by atoms with Gasteiger partial charge in [0.1, 0.15) is 5.75 Å². The van der Waals surface area contributed by atoms with Crippen molar-refractivity contribution in [1.29, 1.82) is 0 Å². The van der Waals surface area contributed by atoms with E-state index in [1.165, 1.54) is 27.8 Å². The molecule has 6 heteroatoms. The molecule has 1 fully saturated rings. The predicted octanol–water partition coefficient (Wildman–Crippen LogP) is 4.15. The van der Waals surface area contributed by atoms with Gasteiger partial charge in [-0.3, -0.25) is 4.90 Å². The van der Waals surface area contributed by atoms with Crippen LogP contribution in [0.25, 0.3) is 10.1 Å². The molecule has 1 aromatic heterocycles. The van der Waals surface area contributed by atoms with Gasteiger partial charge in [0.25, 0.3) is 0 Å². The lowest BCUT2D eigenvalue weighted by molar-refractivity contribution is 0.173. The fourth-order valence-corrected chi connectivity index (χ4v) is 5.83. The second kappa shape index (κ2) is 7.11. The molecule has 6 rings (SSSR count). The smallest absolute Gasteiger partial charge is 0.231 e. The van der Waals surface area contributed by atoms with Gasteiger partial charge in [0.15, 0.2) is 11.5 Å². The molecule has 3 aromatic rings. The first-order chi connectivity index (χ1) is 14.3. The maximum Gasteiger partial charge on any atom is 0.231 e. The Balaban J connectivity index is 1.04. The van der Waals surface area contributed by atoms with Gasteiger partial charge in [-0.15, -0.1) is 11.3 Å². The lowest BCUT2D eigenvalue weighted by Crippen LogP contribution is -2.55. The van der Waals surface area contributed by atoms with Gasteiger partial charge in [-0.25, -0.2) is 0 Å². The zero-order chi connectivity index (χ0) is 19.2. The zero-order valence-corrected chi connectivity index (χ0v) is 17.1. The van der Waals surface area contributed by atoms with E-state index in [2.05, 4.69) is 33.4 Å². The van der Waals surface area contributed by atoms with Crippen LogP contribution in [0.2, 0.25) is 0 Å². The first-order valence-electron chi connectivity index (χ1n) is 10.4. The molecule has 0 amide bonds. The molecule has 1 atom stereocenters. The van der Waals surface area contributed by atoms with Crippen molar-refractivity contribution < 1.29 is 14.2 Å². The van der Waals surface area contributed by atoms with E-state index < -0.39 is 0 Å². The van der Waals surface area contributed by atoms with E-state index in [1.54, 1.807) is 0 Å². The Hall–Kier alpha value is -2.44. The summed E-state index contributed by atoms with van der Waals surface area (Å²) >= 11 is 1.89. The number of hydrogen-bond acceptors (Lipinski definition) is 6. The van der Waals surface area contributed by atoms with Crippen LogP contribution in [0, 0.1) is 0 Å². The molecule has 4 heterocycles. The highest BCUT2D eigenvalue weighted by atomic mass is 32.1. The monoisotopic (exact) mass is 408 g/mol. The number of thiophene rings is 1. The van der Waals surface area contributed by atoms with Crippen molar-refractivity contribution in [2.24, 2.45) is 0 Å². The fourth-order valence-electron chi connectivity index (χ4n) is 4.84. The molecule has 1 saturated heterocycles. The predicted molar refractivity (Wildman–Crippen MR) is 116 cm³/mol. The minimum atomic E-state index is 0.299. The van der Waals surface area contributed by atoms with Crippen LogP contribution < -0.4 is 19.1 Å². The topological polar surface area (TPSA) is 34.2 Å². The van der Waals surface area contributed by atoms with Gasteiger partial charge >= 0.3 is 0 Å². The van der Waals surface area contributed by atoms with Crippen LogP contribution in [0.1, 0.15) is 12.0 Å². The highest BCUT2D eigenvalue weighted by Gasteiger charge is 2.32. The first-order valence-corrected chi connectivity index (χ1v) is 11.2. The molecule has 0 N–H and O–H groups in total. The standard InChI is InChI=1S/C23H24N2O3S/c1-3-19-23-16(14-29-22(23)4-1)11-17-13-24(8-9-25(17)19)7-2-10-26-18-5-6-20-21(12-18)28-15-27-20/h1,3-6,12,14,17H,2,7-11,13,15H2. The van der Waals surface area contributed by atoms with Gasteiger partial charge < -0.3 is 19.1 Å². The molecule has 0 aliphatic carbocycles. The van der Waals surface area contributed by atoms with Gasteiger partial charge in [-0.1, -0.05) is 6.07 Å². The van der Waals surface area contributed by atoms with Crippen molar-refractivity contribution >= 4 is 27.1 Å². The molecule has 5 nitrogen and oxygen atoms in total. The van der Waals surface area contributed by atoms with E-state index in [1.807, 2.05) is 29.5 Å². The number of benzene rings is 2. The van der Waals surface area contributed by atoms with Gasteiger partial charge in [0.05, 0.1) is 6.61 Å². The Bertz CT molecular complexity index is 1050. The van der Waals surface area contributed by atoms with Crippen LogP contribution >= 0.6 is 11.3 Å². The molecular weight excluding hydrogens is 384 g/mol. The van der Waals surface area contributed by atoms with Crippen molar-refractivity contribution in [3.05, 3.63) is 47.3 Å². The van der Waals surface area contributed by atoms with Crippen LogP contribution in [-0.2, 0) is 6.42 Å². The summed E-state index contributed by atoms with van der Waals surface area (Å²) in [6, 6.07) is 13.1. The molecule has 0 radical (unpaired) electrons. The second-order valence-corrected chi connectivity index (χ2v) is 8.89. The largest absolute Gasteiger partial charge is 0.493 e. The number of rotatable bonds is 5. The number of piperazine rings is 1. The molecule has 3 aliphatic heterocycles. The summed E-state index contributed by atoms with van der Waals surface area (Å²) in [6.07, 6.45) is 2.20. The number of ether oxygens (including phenoxy) is 3. The van der Waals surface area contributed by atoms with Crippen LogP contribution in [0.3, 0.4) is 0 Å². The van der Waals surface area contributed by atoms with E-state index in [9.17, 15) is 0 Å². The van der Waals surface area contributed by atoms with Crippen LogP contribution in [0.5, 0.6) is 17.2 Å². The van der Waals surface area contributed by atoms with E-state index in [0.29, 0.717) is 12.8 Å². The Morgan fingerprint density at radius 3 is 3.07 bits per heavy atom. The minimum absolute atomic E-state index is 0.299. The van der Waals surface area contributed by atoms with Crippen molar-refractivity contribution in [2.45, 2.75) is 18.9 Å². The molecule has 150 valence electrons. The quantitative estimate of drug-likeness (QED) is 0.593. The Morgan fingerprint density at radius 2 is 2.07 bits per heavy atom. The third kappa shape index (κ3) is 3.11. The molecule has 2 aromatic carbocycles. The van der Waals surface area contributed by atoms with Gasteiger partial charge in [-0.05, 0) is 48.1 Å². The normalized spacial score (nSPS) is 20.1. The Morgan fingerprint density at radius 1 is 1.10 bits per heavy atom. The average molecular weight is 409 g/mol. The molecule has 29 heavy (non-hydrogen) atoms. The van der Waals surface area contributed by atoms with E-state index >= 15 is 0 Å². The third-order valence-electron chi connectivity index (χ3n) is 6.22. The number of nitrogens with zero attached hydrogens (tertiary/aromatic N) is 2. The molecule has 0 saturated carbocycles. The lowest BCUT2D eigenvalue weighted by atomic mass is 9.94. The first kappa shape index (κ1) is 17.4. The molecule has 1 unspecified atom stereocenters. The van der Waals surface area contributed by atoms with Crippen LogP contribution in [-0.4, -0.2) is 50.5 Å². The summed E-state index contributed by atoms with van der Waals surface area (Å²) in [5, 5.41) is 3.86. The Kier molecular flexibility index (Phi) is 4.27. The maximum absolute atomic E-state index is 5.93. The van der Waals surface area contributed by atoms with Crippen LogP contribution in [0.15, 0.2) is 41.8 Å². The maximum atomic E-state index is 5.93. The van der Waals surface area contributed by atoms with E-state index in [-0.39, 0.29) is 0 Å². The average Bonchev–Trinajstić information content (AvgIpc) is 3.39. The Labute approximate surface area is 174 Å². The van der Waals surface area contributed by atoms with Gasteiger partial charge in [0, 0.05) is 54.1 Å². The lowest BCUT2D eigenvalue weighted by Gasteiger charge is -2.45. The van der Waals surface area contributed by atoms with Crippen molar-refractivity contribution in [2.75, 3.05) is 44.5 Å². The molecular formula is C23H24N2O3S. The third-order valence-corrected chi connectivity index (χ3v) is 7.21. The van der Waals surface area contributed by atoms with Crippen molar-refractivity contribution in [3.63, 3.8) is 0 Å². The van der Waals surface area contributed by atoms with E-state index in [0.717, 1.165) is 56.5 Å². The summed E-state index contributed by atoms with van der Waals surface area (Å²) in [6.45, 7) is 5.47. The zero-order valence-electron chi connectivity index (χ0n) is 16.3. The molecule has 0 bridgehead atoms. The van der Waals surface area contributed by atoms with E-state index in [4.69, 9.17) is 14.2 Å². The number of fused-ring (bicyclic) bond motifs is 3. The summed E-state index contributed by atoms with van der Waals surface area (Å²) in [5.41, 5.74) is 2.98. The summed E-state index contributed by atoms with van der Waals surface area (Å²) in [4.78, 5) is 5.24. The number of hydrogen-bond donors (Lipinski definition) is 0. The van der Waals surface area contributed by atoms with Crippen molar-refractivity contribution in [3.8, 4) is 17.2 Å². The highest BCUT2D eigenvalue weighted by molar-refractivity contribution is 7.17. The highest BCUT2D eigenvalue weighted by Crippen LogP contribution is 2.41. The summed E-state index contributed by atoms with van der Waals surface area (Å²) in [7, 11) is 0. The minimum Gasteiger partial charge on any atom is -0.493 e. The van der Waals surface area contributed by atoms with Gasteiger partial charge in [0.2, 0.25) is 6.79 Å². The number of anilines is 1. The second-order valence-electron chi connectivity index (χ2n) is 7.98.